The maximum Gasteiger partial charge on any atom is 0.224 e. The molecule has 0 bridgehead atoms. The van der Waals surface area contributed by atoms with Gasteiger partial charge in [-0.05, 0) is 48.4 Å². The van der Waals surface area contributed by atoms with E-state index in [0.717, 1.165) is 28.4 Å². The zero-order valence-corrected chi connectivity index (χ0v) is 17.7. The quantitative estimate of drug-likeness (QED) is 0.551. The number of amides is 1. The molecule has 0 radical (unpaired) electrons. The standard InChI is InChI=1S/C25H21ClN2O3/c1-15(29)28-21-6-3-2-5-19(21)27-20-13-17(23-7-4-12-31-23)14-22(30)24(20)25(28)16-8-10-18(26)11-9-16/h2-12,17,25,27H,13-14H2,1H3/t17-,25-/m0/s1. The molecule has 1 N–H and O–H groups in total. The Kier molecular flexibility index (Phi) is 4.91. The SMILES string of the molecule is CC(=O)N1c2ccccc2NC2=C(C(=O)C[C@@H](c3ccco3)C2)[C@@H]1c1ccc(Cl)cc1. The Morgan fingerprint density at radius 1 is 1.06 bits per heavy atom. The summed E-state index contributed by atoms with van der Waals surface area (Å²) in [5.74, 6) is 0.624. The molecule has 3 aromatic rings. The maximum absolute atomic E-state index is 13.6. The number of hydrogen-bond donors (Lipinski definition) is 1. The molecule has 5 nitrogen and oxygen atoms in total. The second kappa shape index (κ2) is 7.75. The minimum atomic E-state index is -0.536. The Morgan fingerprint density at radius 3 is 2.55 bits per heavy atom. The van der Waals surface area contributed by atoms with Crippen LogP contribution in [0.2, 0.25) is 5.02 Å². The lowest BCUT2D eigenvalue weighted by Gasteiger charge is -2.34. The molecule has 0 saturated carbocycles. The minimum Gasteiger partial charge on any atom is -0.469 e. The van der Waals surface area contributed by atoms with E-state index >= 15 is 0 Å². The zero-order chi connectivity index (χ0) is 21.5. The number of Topliss-reactive ketones (excluding diaryl/α,β-unsaturated/α-hetero) is 1. The van der Waals surface area contributed by atoms with Crippen LogP contribution in [0.5, 0.6) is 0 Å². The summed E-state index contributed by atoms with van der Waals surface area (Å²) >= 11 is 6.12. The van der Waals surface area contributed by atoms with Crippen molar-refractivity contribution in [2.75, 3.05) is 10.2 Å². The third-order valence-electron chi connectivity index (χ3n) is 5.96. The van der Waals surface area contributed by atoms with Crippen LogP contribution in [0.25, 0.3) is 0 Å². The van der Waals surface area contributed by atoms with Crippen LogP contribution in [0, 0.1) is 0 Å². The maximum atomic E-state index is 13.6. The number of nitrogens with zero attached hydrogens (tertiary/aromatic N) is 1. The Morgan fingerprint density at radius 2 is 1.84 bits per heavy atom. The summed E-state index contributed by atoms with van der Waals surface area (Å²) in [6.07, 6.45) is 2.59. The van der Waals surface area contributed by atoms with Crippen LogP contribution in [0.4, 0.5) is 11.4 Å². The number of carbonyl (C=O) groups excluding carboxylic acids is 2. The highest BCUT2D eigenvalue weighted by Gasteiger charge is 2.41. The third kappa shape index (κ3) is 3.45. The Bertz CT molecular complexity index is 1180. The summed E-state index contributed by atoms with van der Waals surface area (Å²) in [7, 11) is 0. The lowest BCUT2D eigenvalue weighted by Crippen LogP contribution is -2.37. The fourth-order valence-electron chi connectivity index (χ4n) is 4.62. The highest BCUT2D eigenvalue weighted by Crippen LogP contribution is 2.47. The topological polar surface area (TPSA) is 62.6 Å². The van der Waals surface area contributed by atoms with Gasteiger partial charge in [-0.25, -0.2) is 0 Å². The first kappa shape index (κ1) is 19.6. The van der Waals surface area contributed by atoms with Gasteiger partial charge in [-0.2, -0.15) is 0 Å². The van der Waals surface area contributed by atoms with Gasteiger partial charge in [0.05, 0.1) is 23.7 Å². The summed E-state index contributed by atoms with van der Waals surface area (Å²) in [4.78, 5) is 28.2. The summed E-state index contributed by atoms with van der Waals surface area (Å²) in [6.45, 7) is 1.53. The van der Waals surface area contributed by atoms with E-state index in [1.807, 2.05) is 48.5 Å². The number of anilines is 2. The molecular weight excluding hydrogens is 412 g/mol. The number of para-hydroxylation sites is 2. The molecule has 1 aliphatic heterocycles. The molecule has 0 fully saturated rings. The largest absolute Gasteiger partial charge is 0.469 e. The summed E-state index contributed by atoms with van der Waals surface area (Å²) in [6, 6.07) is 18.2. The van der Waals surface area contributed by atoms with Crippen molar-refractivity contribution in [2.24, 2.45) is 0 Å². The van der Waals surface area contributed by atoms with Crippen LogP contribution in [-0.2, 0) is 9.59 Å². The molecule has 0 spiro atoms. The molecule has 31 heavy (non-hydrogen) atoms. The number of hydrogen-bond acceptors (Lipinski definition) is 4. The second-order valence-electron chi connectivity index (χ2n) is 7.92. The van der Waals surface area contributed by atoms with E-state index in [2.05, 4.69) is 5.32 Å². The number of nitrogens with one attached hydrogen (secondary N) is 1. The number of fused-ring (bicyclic) bond motifs is 1. The number of benzene rings is 2. The van der Waals surface area contributed by atoms with E-state index < -0.39 is 6.04 Å². The molecule has 1 amide bonds. The third-order valence-corrected chi connectivity index (χ3v) is 6.21. The first-order valence-corrected chi connectivity index (χ1v) is 10.6. The molecule has 6 heteroatoms. The number of furan rings is 1. The average Bonchev–Trinajstić information content (AvgIpc) is 3.24. The molecule has 2 aromatic carbocycles. The molecule has 1 aliphatic carbocycles. The molecule has 0 saturated heterocycles. The van der Waals surface area contributed by atoms with Crippen LogP contribution >= 0.6 is 11.6 Å². The predicted octanol–water partition coefficient (Wildman–Crippen LogP) is 5.85. The van der Waals surface area contributed by atoms with Crippen LogP contribution in [0.1, 0.15) is 43.0 Å². The van der Waals surface area contributed by atoms with Gasteiger partial charge in [-0.1, -0.05) is 35.9 Å². The lowest BCUT2D eigenvalue weighted by atomic mass is 9.80. The van der Waals surface area contributed by atoms with Crippen LogP contribution in [-0.4, -0.2) is 11.7 Å². The van der Waals surface area contributed by atoms with Gasteiger partial charge >= 0.3 is 0 Å². The van der Waals surface area contributed by atoms with Gasteiger partial charge in [0.1, 0.15) is 5.76 Å². The fourth-order valence-corrected chi connectivity index (χ4v) is 4.75. The fraction of sp³-hybridized carbons (Fsp3) is 0.200. The number of halogens is 1. The Hall–Kier alpha value is -3.31. The first-order chi connectivity index (χ1) is 15.0. The average molecular weight is 433 g/mol. The van der Waals surface area contributed by atoms with E-state index in [0.29, 0.717) is 23.4 Å². The van der Waals surface area contributed by atoms with Gasteiger partial charge < -0.3 is 9.73 Å². The molecule has 2 heterocycles. The van der Waals surface area contributed by atoms with Crippen LogP contribution < -0.4 is 10.2 Å². The normalized spacial score (nSPS) is 20.6. The van der Waals surface area contributed by atoms with Crippen molar-refractivity contribution >= 4 is 34.7 Å². The molecule has 2 aliphatic rings. The highest BCUT2D eigenvalue weighted by molar-refractivity contribution is 6.30. The number of ketones is 1. The van der Waals surface area contributed by atoms with Crippen molar-refractivity contribution in [2.45, 2.75) is 31.7 Å². The van der Waals surface area contributed by atoms with E-state index in [-0.39, 0.29) is 17.6 Å². The number of allylic oxidation sites excluding steroid dienone is 1. The van der Waals surface area contributed by atoms with Crippen molar-refractivity contribution in [1.82, 2.24) is 0 Å². The van der Waals surface area contributed by atoms with Crippen molar-refractivity contribution in [3.05, 3.63) is 94.5 Å². The first-order valence-electron chi connectivity index (χ1n) is 10.2. The van der Waals surface area contributed by atoms with Gasteiger partial charge in [-0.15, -0.1) is 0 Å². The van der Waals surface area contributed by atoms with Crippen LogP contribution in [0.3, 0.4) is 0 Å². The van der Waals surface area contributed by atoms with E-state index in [4.69, 9.17) is 16.0 Å². The van der Waals surface area contributed by atoms with Crippen molar-refractivity contribution in [3.8, 4) is 0 Å². The molecule has 156 valence electrons. The van der Waals surface area contributed by atoms with Crippen molar-refractivity contribution in [1.29, 1.82) is 0 Å². The summed E-state index contributed by atoms with van der Waals surface area (Å²) in [5.41, 5.74) is 3.84. The minimum absolute atomic E-state index is 0.00848. The van der Waals surface area contributed by atoms with Crippen molar-refractivity contribution in [3.63, 3.8) is 0 Å². The Balaban J connectivity index is 1.72. The van der Waals surface area contributed by atoms with Gasteiger partial charge in [0.15, 0.2) is 5.78 Å². The van der Waals surface area contributed by atoms with E-state index in [1.54, 1.807) is 23.3 Å². The monoisotopic (exact) mass is 432 g/mol. The second-order valence-corrected chi connectivity index (χ2v) is 8.36. The molecular formula is C25H21ClN2O3. The number of carbonyl (C=O) groups is 2. The summed E-state index contributed by atoms with van der Waals surface area (Å²) in [5, 5.41) is 4.08. The van der Waals surface area contributed by atoms with Gasteiger partial charge in [0.25, 0.3) is 0 Å². The zero-order valence-electron chi connectivity index (χ0n) is 17.0. The predicted molar refractivity (Wildman–Crippen MR) is 120 cm³/mol. The summed E-state index contributed by atoms with van der Waals surface area (Å²) < 4.78 is 5.60. The Labute approximate surface area is 185 Å². The van der Waals surface area contributed by atoms with Crippen molar-refractivity contribution < 1.29 is 14.0 Å². The highest BCUT2D eigenvalue weighted by atomic mass is 35.5. The van der Waals surface area contributed by atoms with E-state index in [1.165, 1.54) is 6.92 Å². The number of rotatable bonds is 2. The van der Waals surface area contributed by atoms with Gasteiger partial charge in [-0.3, -0.25) is 14.5 Å². The lowest BCUT2D eigenvalue weighted by molar-refractivity contribution is -0.117. The smallest absolute Gasteiger partial charge is 0.224 e. The van der Waals surface area contributed by atoms with Gasteiger partial charge in [0.2, 0.25) is 5.91 Å². The van der Waals surface area contributed by atoms with Crippen LogP contribution in [0.15, 0.2) is 82.6 Å². The van der Waals surface area contributed by atoms with Gasteiger partial charge in [0, 0.05) is 35.6 Å². The van der Waals surface area contributed by atoms with E-state index in [9.17, 15) is 9.59 Å². The molecule has 1 aromatic heterocycles. The molecule has 0 unspecified atom stereocenters. The molecule has 5 rings (SSSR count). The molecule has 2 atom stereocenters.